The quantitative estimate of drug-likeness (QED) is 0.842. The molecule has 0 bridgehead atoms. The zero-order valence-corrected chi connectivity index (χ0v) is 12.6. The van der Waals surface area contributed by atoms with Crippen LogP contribution in [-0.4, -0.2) is 21.3 Å². The predicted molar refractivity (Wildman–Crippen MR) is 81.6 cm³/mol. The predicted octanol–water partition coefficient (Wildman–Crippen LogP) is 3.09. The maximum absolute atomic E-state index is 4.59. The van der Waals surface area contributed by atoms with E-state index in [9.17, 15) is 0 Å². The number of hydrogen-bond acceptors (Lipinski definition) is 3. The Morgan fingerprint density at radius 3 is 2.75 bits per heavy atom. The third-order valence-corrected chi connectivity index (χ3v) is 3.40. The number of nitrogens with zero attached hydrogens (tertiary/aromatic N) is 3. The summed E-state index contributed by atoms with van der Waals surface area (Å²) in [7, 11) is 0. The highest BCUT2D eigenvalue weighted by atomic mass is 15.3. The van der Waals surface area contributed by atoms with Gasteiger partial charge in [0.1, 0.15) is 0 Å². The van der Waals surface area contributed by atoms with Crippen LogP contribution in [0.3, 0.4) is 0 Å². The molecule has 0 aliphatic carbocycles. The summed E-state index contributed by atoms with van der Waals surface area (Å²) in [4.78, 5) is 4.59. The first-order valence-corrected chi connectivity index (χ1v) is 7.44. The van der Waals surface area contributed by atoms with Crippen molar-refractivity contribution in [3.05, 3.63) is 47.5 Å². The molecular weight excluding hydrogens is 248 g/mol. The SMILES string of the molecule is CCCNC(c1ncccc1C)c1ccnn1CCC. The Kier molecular flexibility index (Phi) is 5.30. The van der Waals surface area contributed by atoms with Crippen molar-refractivity contribution in [1.29, 1.82) is 0 Å². The van der Waals surface area contributed by atoms with E-state index in [-0.39, 0.29) is 6.04 Å². The molecule has 2 aromatic rings. The van der Waals surface area contributed by atoms with Gasteiger partial charge in [0.15, 0.2) is 0 Å². The van der Waals surface area contributed by atoms with Crippen molar-refractivity contribution in [2.24, 2.45) is 0 Å². The molecule has 0 saturated heterocycles. The fraction of sp³-hybridized carbons (Fsp3) is 0.500. The third-order valence-electron chi connectivity index (χ3n) is 3.40. The van der Waals surface area contributed by atoms with Gasteiger partial charge in [-0.05, 0) is 44.0 Å². The summed E-state index contributed by atoms with van der Waals surface area (Å²) >= 11 is 0. The van der Waals surface area contributed by atoms with Crippen LogP contribution in [0.1, 0.15) is 49.7 Å². The first-order chi connectivity index (χ1) is 9.77. The summed E-state index contributed by atoms with van der Waals surface area (Å²) in [6.45, 7) is 8.38. The minimum atomic E-state index is 0.116. The Bertz CT molecular complexity index is 533. The van der Waals surface area contributed by atoms with Crippen LogP contribution in [-0.2, 0) is 6.54 Å². The molecular formula is C16H24N4. The molecule has 1 N–H and O–H groups in total. The number of aromatic nitrogens is 3. The number of rotatable bonds is 7. The Balaban J connectivity index is 2.37. The zero-order valence-electron chi connectivity index (χ0n) is 12.6. The van der Waals surface area contributed by atoms with Crippen molar-refractivity contribution >= 4 is 0 Å². The largest absolute Gasteiger partial charge is 0.304 e. The topological polar surface area (TPSA) is 42.7 Å². The molecule has 1 unspecified atom stereocenters. The fourth-order valence-corrected chi connectivity index (χ4v) is 2.42. The van der Waals surface area contributed by atoms with Crippen LogP contribution in [0.5, 0.6) is 0 Å². The normalized spacial score (nSPS) is 12.6. The van der Waals surface area contributed by atoms with Gasteiger partial charge < -0.3 is 5.32 Å². The van der Waals surface area contributed by atoms with Crippen LogP contribution >= 0.6 is 0 Å². The Hall–Kier alpha value is -1.68. The second-order valence-corrected chi connectivity index (χ2v) is 5.07. The summed E-state index contributed by atoms with van der Waals surface area (Å²) in [5.41, 5.74) is 3.51. The summed E-state index contributed by atoms with van der Waals surface area (Å²) in [5, 5.41) is 8.04. The Morgan fingerprint density at radius 2 is 2.05 bits per heavy atom. The van der Waals surface area contributed by atoms with Crippen LogP contribution in [0.4, 0.5) is 0 Å². The highest BCUT2D eigenvalue weighted by Crippen LogP contribution is 2.23. The number of hydrogen-bond donors (Lipinski definition) is 1. The van der Waals surface area contributed by atoms with E-state index in [1.165, 1.54) is 11.3 Å². The van der Waals surface area contributed by atoms with Gasteiger partial charge in [0.05, 0.1) is 17.4 Å². The van der Waals surface area contributed by atoms with Gasteiger partial charge in [0, 0.05) is 18.9 Å². The van der Waals surface area contributed by atoms with E-state index in [1.54, 1.807) is 0 Å². The second kappa shape index (κ2) is 7.20. The van der Waals surface area contributed by atoms with Gasteiger partial charge in [-0.25, -0.2) is 0 Å². The highest BCUT2D eigenvalue weighted by Gasteiger charge is 2.20. The molecule has 1 atom stereocenters. The van der Waals surface area contributed by atoms with E-state index >= 15 is 0 Å². The number of nitrogens with one attached hydrogen (secondary N) is 1. The maximum atomic E-state index is 4.59. The van der Waals surface area contributed by atoms with E-state index < -0.39 is 0 Å². The second-order valence-electron chi connectivity index (χ2n) is 5.07. The van der Waals surface area contributed by atoms with Crippen molar-refractivity contribution in [2.75, 3.05) is 6.54 Å². The van der Waals surface area contributed by atoms with Crippen molar-refractivity contribution in [3.8, 4) is 0 Å². The van der Waals surface area contributed by atoms with Gasteiger partial charge in [0.2, 0.25) is 0 Å². The Labute approximate surface area is 121 Å². The lowest BCUT2D eigenvalue weighted by molar-refractivity contribution is 0.504. The van der Waals surface area contributed by atoms with Crippen molar-refractivity contribution < 1.29 is 0 Å². The van der Waals surface area contributed by atoms with Crippen LogP contribution in [0.15, 0.2) is 30.6 Å². The average molecular weight is 272 g/mol. The molecule has 4 nitrogen and oxygen atoms in total. The molecule has 2 rings (SSSR count). The average Bonchev–Trinajstić information content (AvgIpc) is 2.90. The fourth-order valence-electron chi connectivity index (χ4n) is 2.42. The van der Waals surface area contributed by atoms with Crippen molar-refractivity contribution in [1.82, 2.24) is 20.1 Å². The number of aryl methyl sites for hydroxylation is 2. The molecule has 0 fully saturated rings. The van der Waals surface area contributed by atoms with Crippen LogP contribution in [0.2, 0.25) is 0 Å². The summed E-state index contributed by atoms with van der Waals surface area (Å²) in [6, 6.07) is 6.31. The number of pyridine rings is 1. The van der Waals surface area contributed by atoms with E-state index in [2.05, 4.69) is 53.0 Å². The monoisotopic (exact) mass is 272 g/mol. The van der Waals surface area contributed by atoms with Crippen molar-refractivity contribution in [2.45, 2.75) is 46.2 Å². The lowest BCUT2D eigenvalue weighted by Crippen LogP contribution is -2.27. The van der Waals surface area contributed by atoms with Gasteiger partial charge in [-0.1, -0.05) is 19.9 Å². The van der Waals surface area contributed by atoms with E-state index in [4.69, 9.17) is 0 Å². The standard InChI is InChI=1S/C16H24N4/c1-4-9-17-16(15-13(3)7-6-10-18-15)14-8-11-19-20(14)12-5-2/h6-8,10-11,16-17H,4-5,9,12H2,1-3H3. The summed E-state index contributed by atoms with van der Waals surface area (Å²) in [5.74, 6) is 0. The lowest BCUT2D eigenvalue weighted by Gasteiger charge is -2.21. The molecule has 0 radical (unpaired) electrons. The molecule has 0 aliphatic rings. The molecule has 0 amide bonds. The van der Waals surface area contributed by atoms with E-state index in [0.717, 1.165) is 31.6 Å². The van der Waals surface area contributed by atoms with Crippen LogP contribution in [0.25, 0.3) is 0 Å². The van der Waals surface area contributed by atoms with Crippen LogP contribution < -0.4 is 5.32 Å². The zero-order chi connectivity index (χ0) is 14.4. The first kappa shape index (κ1) is 14.7. The minimum Gasteiger partial charge on any atom is -0.304 e. The van der Waals surface area contributed by atoms with Gasteiger partial charge in [-0.3, -0.25) is 9.67 Å². The molecule has 4 heteroatoms. The van der Waals surface area contributed by atoms with Crippen LogP contribution in [0, 0.1) is 6.92 Å². The summed E-state index contributed by atoms with van der Waals surface area (Å²) in [6.07, 6.45) is 5.92. The molecule has 20 heavy (non-hydrogen) atoms. The molecule has 108 valence electrons. The Morgan fingerprint density at radius 1 is 1.20 bits per heavy atom. The van der Waals surface area contributed by atoms with E-state index in [1.807, 2.05) is 18.5 Å². The van der Waals surface area contributed by atoms with Crippen molar-refractivity contribution in [3.63, 3.8) is 0 Å². The van der Waals surface area contributed by atoms with Gasteiger partial charge in [-0.2, -0.15) is 5.10 Å². The molecule has 2 heterocycles. The molecule has 0 saturated carbocycles. The highest BCUT2D eigenvalue weighted by molar-refractivity contribution is 5.28. The van der Waals surface area contributed by atoms with Gasteiger partial charge in [-0.15, -0.1) is 0 Å². The third kappa shape index (κ3) is 3.25. The summed E-state index contributed by atoms with van der Waals surface area (Å²) < 4.78 is 2.08. The maximum Gasteiger partial charge on any atom is 0.0924 e. The van der Waals surface area contributed by atoms with Gasteiger partial charge in [0.25, 0.3) is 0 Å². The molecule has 0 spiro atoms. The molecule has 0 aromatic carbocycles. The first-order valence-electron chi connectivity index (χ1n) is 7.44. The van der Waals surface area contributed by atoms with E-state index in [0.29, 0.717) is 0 Å². The minimum absolute atomic E-state index is 0.116. The molecule has 0 aliphatic heterocycles. The lowest BCUT2D eigenvalue weighted by atomic mass is 10.0. The smallest absolute Gasteiger partial charge is 0.0924 e. The molecule has 2 aromatic heterocycles. The van der Waals surface area contributed by atoms with Gasteiger partial charge >= 0.3 is 0 Å².